The third-order valence-electron chi connectivity index (χ3n) is 7.03. The maximum atomic E-state index is 14.7. The number of halogens is 1. The number of piperidine rings is 1. The van der Waals surface area contributed by atoms with Gasteiger partial charge in [0.25, 0.3) is 5.91 Å². The Morgan fingerprint density at radius 1 is 1.09 bits per heavy atom. The minimum Gasteiger partial charge on any atom is -0.380 e. The molecule has 180 valence electrons. The second-order valence-electron chi connectivity index (χ2n) is 9.01. The smallest absolute Gasteiger partial charge is 0.294 e. The molecule has 0 bridgehead atoms. The van der Waals surface area contributed by atoms with E-state index in [1.807, 2.05) is 7.05 Å². The number of aromatic nitrogens is 3. The fraction of sp³-hybridized carbons (Fsp3) is 0.545. The highest BCUT2D eigenvalue weighted by molar-refractivity contribution is 6.43. The zero-order valence-electron chi connectivity index (χ0n) is 18.9. The van der Waals surface area contributed by atoms with Crippen LogP contribution in [0.25, 0.3) is 0 Å². The van der Waals surface area contributed by atoms with Crippen LogP contribution in [0, 0.1) is 5.92 Å². The molecule has 5 heterocycles. The summed E-state index contributed by atoms with van der Waals surface area (Å²) in [5.74, 6) is -2.53. The number of Topliss-reactive ketones (excluding diaryl/α,β-unsaturated/α-hetero) is 1. The summed E-state index contributed by atoms with van der Waals surface area (Å²) in [6.07, 6.45) is 8.46. The molecule has 4 aliphatic heterocycles. The summed E-state index contributed by atoms with van der Waals surface area (Å²) in [5, 5.41) is 10.6. The number of likely N-dealkylation sites (N-methyl/N-ethyl adjacent to an activating group) is 1. The normalized spacial score (nSPS) is 27.4. The van der Waals surface area contributed by atoms with E-state index in [-0.39, 0.29) is 30.6 Å². The minimum absolute atomic E-state index is 0.0543. The van der Waals surface area contributed by atoms with Gasteiger partial charge in [0, 0.05) is 38.0 Å². The van der Waals surface area contributed by atoms with Crippen molar-refractivity contribution in [1.82, 2.24) is 35.0 Å². The van der Waals surface area contributed by atoms with Gasteiger partial charge < -0.3 is 15.1 Å². The van der Waals surface area contributed by atoms with Gasteiger partial charge in [-0.25, -0.2) is 14.1 Å². The van der Waals surface area contributed by atoms with Crippen molar-refractivity contribution < 1.29 is 18.8 Å². The van der Waals surface area contributed by atoms with Gasteiger partial charge in [-0.2, -0.15) is 0 Å². The first-order valence-electron chi connectivity index (χ1n) is 11.5. The minimum atomic E-state index is -0.960. The summed E-state index contributed by atoms with van der Waals surface area (Å²) < 4.78 is 16.1. The number of nitrogens with zero attached hydrogens (tertiary/aromatic N) is 7. The summed E-state index contributed by atoms with van der Waals surface area (Å²) >= 11 is 0. The van der Waals surface area contributed by atoms with Gasteiger partial charge in [-0.15, -0.1) is 5.10 Å². The van der Waals surface area contributed by atoms with E-state index in [2.05, 4.69) is 25.5 Å². The molecule has 3 atom stereocenters. The Bertz CT molecular complexity index is 1070. The van der Waals surface area contributed by atoms with E-state index in [4.69, 9.17) is 0 Å². The maximum absolute atomic E-state index is 14.7. The fourth-order valence-corrected chi connectivity index (χ4v) is 5.10. The molecule has 2 fully saturated rings. The first-order valence-corrected chi connectivity index (χ1v) is 11.5. The molecule has 1 aromatic rings. The molecule has 1 N–H and O–H groups in total. The number of likely N-dealkylation sites (tertiary alicyclic amines) is 1. The Labute approximate surface area is 195 Å². The molecule has 3 unspecified atom stereocenters. The molecule has 0 aromatic carbocycles. The molecule has 0 spiro atoms. The molecule has 12 heteroatoms. The first kappa shape index (κ1) is 22.4. The monoisotopic (exact) mass is 470 g/mol. The van der Waals surface area contributed by atoms with E-state index in [0.717, 1.165) is 32.0 Å². The predicted molar refractivity (Wildman–Crippen MR) is 119 cm³/mol. The number of hydrogen-bond acceptors (Lipinski definition) is 8. The van der Waals surface area contributed by atoms with Crippen LogP contribution in [-0.4, -0.2) is 105 Å². The van der Waals surface area contributed by atoms with Crippen molar-refractivity contribution in [2.45, 2.75) is 31.3 Å². The Kier molecular flexibility index (Phi) is 5.98. The Morgan fingerprint density at radius 2 is 1.85 bits per heavy atom. The molecule has 4 aliphatic rings. The third kappa shape index (κ3) is 3.91. The maximum Gasteiger partial charge on any atom is 0.294 e. The van der Waals surface area contributed by atoms with Crippen LogP contribution in [0.4, 0.5) is 4.39 Å². The van der Waals surface area contributed by atoms with Crippen molar-refractivity contribution in [3.05, 3.63) is 36.2 Å². The van der Waals surface area contributed by atoms with Crippen molar-refractivity contribution in [3.63, 3.8) is 0 Å². The summed E-state index contributed by atoms with van der Waals surface area (Å²) in [5.41, 5.74) is 0.0543. The van der Waals surface area contributed by atoms with Crippen LogP contribution >= 0.6 is 0 Å². The van der Waals surface area contributed by atoms with E-state index in [1.54, 1.807) is 11.1 Å². The van der Waals surface area contributed by atoms with Gasteiger partial charge in [0.2, 0.25) is 11.7 Å². The lowest BCUT2D eigenvalue weighted by Crippen LogP contribution is -2.57. The van der Waals surface area contributed by atoms with E-state index in [9.17, 15) is 18.8 Å². The Balaban J connectivity index is 1.22. The standard InChI is InChI=1S/C22H27FN8O3/c1-28-6-3-2-4-16(28)21(33)29-8-10-30(11-9-29)22(34)19(32)14-12-24-18-17(14)15(23)13-25-20(18)31-7-5-26-27-31/h5,7,12-13,16-18,24H,2-4,6,8-11H2,1H3. The lowest BCUT2D eigenvalue weighted by molar-refractivity contribution is -0.147. The second-order valence-corrected chi connectivity index (χ2v) is 9.01. The molecule has 0 radical (unpaired) electrons. The van der Waals surface area contributed by atoms with Crippen LogP contribution in [-0.2, 0) is 14.4 Å². The quantitative estimate of drug-likeness (QED) is 0.595. The number of fused-ring (bicyclic) bond motifs is 1. The van der Waals surface area contributed by atoms with Gasteiger partial charge in [0.05, 0.1) is 36.6 Å². The predicted octanol–water partition coefficient (Wildman–Crippen LogP) is -0.455. The van der Waals surface area contributed by atoms with Crippen LogP contribution in [0.15, 0.2) is 41.2 Å². The number of amides is 2. The number of carbonyl (C=O) groups is 3. The van der Waals surface area contributed by atoms with Crippen molar-refractivity contribution in [3.8, 4) is 0 Å². The number of nitrogens with one attached hydrogen (secondary N) is 1. The van der Waals surface area contributed by atoms with E-state index >= 15 is 0 Å². The molecule has 5 rings (SSSR count). The molecule has 11 nitrogen and oxygen atoms in total. The lowest BCUT2D eigenvalue weighted by Gasteiger charge is -2.39. The molecule has 2 amide bonds. The number of aliphatic imine (C=N–C) groups is 1. The first-order chi connectivity index (χ1) is 16.5. The van der Waals surface area contributed by atoms with Crippen molar-refractivity contribution in [1.29, 1.82) is 0 Å². The zero-order valence-corrected chi connectivity index (χ0v) is 18.9. The number of rotatable bonds is 3. The number of ketones is 1. The lowest BCUT2D eigenvalue weighted by atomic mass is 9.88. The highest BCUT2D eigenvalue weighted by Crippen LogP contribution is 2.34. The largest absolute Gasteiger partial charge is 0.380 e. The van der Waals surface area contributed by atoms with Crippen LogP contribution in [0.1, 0.15) is 19.3 Å². The molecule has 2 saturated heterocycles. The number of hydrogen-bond donors (Lipinski definition) is 1. The Hall–Kier alpha value is -3.41. The molecule has 0 saturated carbocycles. The van der Waals surface area contributed by atoms with E-state index < -0.39 is 29.5 Å². The molecular weight excluding hydrogens is 443 g/mol. The molecule has 0 aliphatic carbocycles. The average molecular weight is 471 g/mol. The second kappa shape index (κ2) is 9.09. The SMILES string of the molecule is CN1CCCCC1C(=O)N1CCN(C(=O)C(=O)C2=CNC3C(n4ccnn4)=NC=C(F)C23)CC1. The molecule has 1 aromatic heterocycles. The summed E-state index contributed by atoms with van der Waals surface area (Å²) in [4.78, 5) is 48.4. The van der Waals surface area contributed by atoms with Gasteiger partial charge in [-0.3, -0.25) is 19.3 Å². The van der Waals surface area contributed by atoms with Crippen molar-refractivity contribution >= 4 is 23.4 Å². The topological polar surface area (TPSA) is 116 Å². The third-order valence-corrected chi connectivity index (χ3v) is 7.03. The fourth-order valence-electron chi connectivity index (χ4n) is 5.10. The summed E-state index contributed by atoms with van der Waals surface area (Å²) in [6, 6.07) is -0.786. The van der Waals surface area contributed by atoms with Crippen LogP contribution in [0.5, 0.6) is 0 Å². The summed E-state index contributed by atoms with van der Waals surface area (Å²) in [6.45, 7) is 2.20. The summed E-state index contributed by atoms with van der Waals surface area (Å²) in [7, 11) is 1.97. The van der Waals surface area contributed by atoms with Gasteiger partial charge in [-0.1, -0.05) is 11.6 Å². The van der Waals surface area contributed by atoms with Gasteiger partial charge >= 0.3 is 0 Å². The molecular formula is C22H27FN8O3. The van der Waals surface area contributed by atoms with Crippen LogP contribution < -0.4 is 5.32 Å². The van der Waals surface area contributed by atoms with Crippen LogP contribution in [0.2, 0.25) is 0 Å². The van der Waals surface area contributed by atoms with E-state index in [0.29, 0.717) is 18.9 Å². The van der Waals surface area contributed by atoms with Crippen LogP contribution in [0.3, 0.4) is 0 Å². The highest BCUT2D eigenvalue weighted by atomic mass is 19.1. The molecule has 34 heavy (non-hydrogen) atoms. The van der Waals surface area contributed by atoms with Crippen molar-refractivity contribution in [2.24, 2.45) is 10.9 Å². The van der Waals surface area contributed by atoms with Gasteiger partial charge in [0.1, 0.15) is 5.83 Å². The number of piperazine rings is 1. The average Bonchev–Trinajstić information content (AvgIpc) is 3.55. The zero-order chi connectivity index (χ0) is 23.8. The Morgan fingerprint density at radius 3 is 2.56 bits per heavy atom. The van der Waals surface area contributed by atoms with E-state index in [1.165, 1.54) is 22.0 Å². The number of carbonyl (C=O) groups excluding carboxylic acids is 3. The van der Waals surface area contributed by atoms with Gasteiger partial charge in [0.15, 0.2) is 5.84 Å². The van der Waals surface area contributed by atoms with Gasteiger partial charge in [-0.05, 0) is 26.4 Å². The highest BCUT2D eigenvalue weighted by Gasteiger charge is 2.45. The van der Waals surface area contributed by atoms with Crippen molar-refractivity contribution in [2.75, 3.05) is 39.8 Å².